The number of amides is 2. The zero-order valence-corrected chi connectivity index (χ0v) is 15.5. The van der Waals surface area contributed by atoms with Crippen molar-refractivity contribution in [2.45, 2.75) is 39.0 Å². The van der Waals surface area contributed by atoms with Crippen molar-refractivity contribution in [3.8, 4) is 0 Å². The van der Waals surface area contributed by atoms with Crippen molar-refractivity contribution < 1.29 is 18.4 Å². The second-order valence-corrected chi connectivity index (χ2v) is 7.94. The molecule has 0 spiro atoms. The highest BCUT2D eigenvalue weighted by molar-refractivity contribution is 6.16. The summed E-state index contributed by atoms with van der Waals surface area (Å²) in [4.78, 5) is 25.1. The molecule has 2 aromatic rings. The molecule has 142 valence electrons. The van der Waals surface area contributed by atoms with Gasteiger partial charge in [0.25, 0.3) is 0 Å². The molecule has 0 radical (unpaired) electrons. The van der Waals surface area contributed by atoms with Crippen molar-refractivity contribution >= 4 is 23.2 Å². The number of hydrogen-bond donors (Lipinski definition) is 2. The topological polar surface area (TPSA) is 58.2 Å². The SMILES string of the molecule is CC(C)(C)c1ccc(NC(=O)C2(C(=O)Nc3ccc(F)cc3F)CC2)cc1. The van der Waals surface area contributed by atoms with E-state index in [2.05, 4.69) is 31.4 Å². The van der Waals surface area contributed by atoms with E-state index < -0.39 is 28.9 Å². The summed E-state index contributed by atoms with van der Waals surface area (Å²) in [5.74, 6) is -2.62. The highest BCUT2D eigenvalue weighted by Crippen LogP contribution is 2.47. The third-order valence-electron chi connectivity index (χ3n) is 4.81. The summed E-state index contributed by atoms with van der Waals surface area (Å²) in [6, 6.07) is 10.3. The fraction of sp³-hybridized carbons (Fsp3) is 0.333. The first-order valence-electron chi connectivity index (χ1n) is 8.80. The Hall–Kier alpha value is -2.76. The minimum Gasteiger partial charge on any atom is -0.325 e. The van der Waals surface area contributed by atoms with Crippen LogP contribution in [0.2, 0.25) is 0 Å². The van der Waals surface area contributed by atoms with Gasteiger partial charge in [-0.15, -0.1) is 0 Å². The molecular weight excluding hydrogens is 350 g/mol. The van der Waals surface area contributed by atoms with E-state index in [1.54, 1.807) is 12.1 Å². The second kappa shape index (κ2) is 6.76. The molecule has 6 heteroatoms. The average molecular weight is 372 g/mol. The van der Waals surface area contributed by atoms with Gasteiger partial charge in [0, 0.05) is 11.8 Å². The van der Waals surface area contributed by atoms with Gasteiger partial charge in [-0.25, -0.2) is 8.78 Å². The van der Waals surface area contributed by atoms with Gasteiger partial charge in [-0.1, -0.05) is 32.9 Å². The van der Waals surface area contributed by atoms with Crippen molar-refractivity contribution in [3.05, 3.63) is 59.7 Å². The Morgan fingerprint density at radius 3 is 2.04 bits per heavy atom. The average Bonchev–Trinajstić information content (AvgIpc) is 3.39. The summed E-state index contributed by atoms with van der Waals surface area (Å²) >= 11 is 0. The minimum absolute atomic E-state index is 0.000624. The number of nitrogens with one attached hydrogen (secondary N) is 2. The first-order chi connectivity index (χ1) is 12.6. The van der Waals surface area contributed by atoms with Crippen LogP contribution in [-0.2, 0) is 15.0 Å². The van der Waals surface area contributed by atoms with Gasteiger partial charge >= 0.3 is 0 Å². The van der Waals surface area contributed by atoms with E-state index >= 15 is 0 Å². The summed E-state index contributed by atoms with van der Waals surface area (Å²) in [6.45, 7) is 6.29. The lowest BCUT2D eigenvalue weighted by Crippen LogP contribution is -2.35. The molecule has 2 aromatic carbocycles. The molecule has 3 rings (SSSR count). The molecule has 1 aliphatic rings. The molecule has 0 heterocycles. The maximum absolute atomic E-state index is 13.7. The van der Waals surface area contributed by atoms with E-state index in [-0.39, 0.29) is 11.1 Å². The number of carbonyl (C=O) groups excluding carboxylic acids is 2. The predicted octanol–water partition coefficient (Wildman–Crippen LogP) is 4.62. The number of rotatable bonds is 4. The number of halogens is 2. The lowest BCUT2D eigenvalue weighted by molar-refractivity contribution is -0.131. The number of carbonyl (C=O) groups is 2. The van der Waals surface area contributed by atoms with Crippen LogP contribution in [0.3, 0.4) is 0 Å². The Morgan fingerprint density at radius 2 is 1.52 bits per heavy atom. The van der Waals surface area contributed by atoms with Crippen LogP contribution in [0.1, 0.15) is 39.2 Å². The molecule has 1 aliphatic carbocycles. The molecular formula is C21H22F2N2O2. The predicted molar refractivity (Wildman–Crippen MR) is 100 cm³/mol. The first-order valence-corrected chi connectivity index (χ1v) is 8.80. The fourth-order valence-corrected chi connectivity index (χ4v) is 2.82. The van der Waals surface area contributed by atoms with Gasteiger partial charge in [-0.2, -0.15) is 0 Å². The van der Waals surface area contributed by atoms with Gasteiger partial charge in [0.2, 0.25) is 11.8 Å². The molecule has 0 atom stereocenters. The molecule has 0 aromatic heterocycles. The van der Waals surface area contributed by atoms with E-state index in [1.807, 2.05) is 12.1 Å². The van der Waals surface area contributed by atoms with Gasteiger partial charge in [0.05, 0.1) is 5.69 Å². The molecule has 4 nitrogen and oxygen atoms in total. The molecule has 0 saturated heterocycles. The largest absolute Gasteiger partial charge is 0.325 e. The number of hydrogen-bond acceptors (Lipinski definition) is 2. The Labute approximate surface area is 157 Å². The van der Waals surface area contributed by atoms with Crippen molar-refractivity contribution in [3.63, 3.8) is 0 Å². The van der Waals surface area contributed by atoms with E-state index in [9.17, 15) is 18.4 Å². The summed E-state index contributed by atoms with van der Waals surface area (Å²) in [6.07, 6.45) is 0.765. The van der Waals surface area contributed by atoms with Crippen LogP contribution >= 0.6 is 0 Å². The van der Waals surface area contributed by atoms with Gasteiger partial charge in [0.15, 0.2) is 0 Å². The summed E-state index contributed by atoms with van der Waals surface area (Å²) in [5.41, 5.74) is 0.365. The highest BCUT2D eigenvalue weighted by atomic mass is 19.1. The highest BCUT2D eigenvalue weighted by Gasteiger charge is 2.56. The van der Waals surface area contributed by atoms with Gasteiger partial charge in [0.1, 0.15) is 17.0 Å². The van der Waals surface area contributed by atoms with Gasteiger partial charge < -0.3 is 10.6 Å². The minimum atomic E-state index is -1.22. The molecule has 1 saturated carbocycles. The van der Waals surface area contributed by atoms with Crippen LogP contribution < -0.4 is 10.6 Å². The quantitative estimate of drug-likeness (QED) is 0.770. The van der Waals surface area contributed by atoms with Crippen molar-refractivity contribution in [2.75, 3.05) is 10.6 Å². The Morgan fingerprint density at radius 1 is 0.926 bits per heavy atom. The van der Waals surface area contributed by atoms with Crippen LogP contribution in [0.25, 0.3) is 0 Å². The molecule has 27 heavy (non-hydrogen) atoms. The molecule has 0 unspecified atom stereocenters. The molecule has 0 aliphatic heterocycles. The van der Waals surface area contributed by atoms with Crippen LogP contribution in [0.4, 0.5) is 20.2 Å². The first kappa shape index (κ1) is 19.0. The standard InChI is InChI=1S/C21H22F2N2O2/c1-20(2,3)13-4-7-15(8-5-13)24-18(26)21(10-11-21)19(27)25-17-9-6-14(22)12-16(17)23/h4-9,12H,10-11H2,1-3H3,(H,24,26)(H,25,27). The third kappa shape index (κ3) is 3.99. The van der Waals surface area contributed by atoms with Crippen LogP contribution in [0, 0.1) is 17.0 Å². The van der Waals surface area contributed by atoms with E-state index in [0.29, 0.717) is 24.6 Å². The third-order valence-corrected chi connectivity index (χ3v) is 4.81. The second-order valence-electron chi connectivity index (χ2n) is 7.94. The van der Waals surface area contributed by atoms with E-state index in [1.165, 1.54) is 0 Å². The van der Waals surface area contributed by atoms with Crippen LogP contribution in [0.5, 0.6) is 0 Å². The van der Waals surface area contributed by atoms with Gasteiger partial charge in [-0.3, -0.25) is 9.59 Å². The molecule has 2 N–H and O–H groups in total. The van der Waals surface area contributed by atoms with E-state index in [4.69, 9.17) is 0 Å². The van der Waals surface area contributed by atoms with Crippen molar-refractivity contribution in [1.29, 1.82) is 0 Å². The van der Waals surface area contributed by atoms with Crippen molar-refractivity contribution in [2.24, 2.45) is 5.41 Å². The maximum Gasteiger partial charge on any atom is 0.240 e. The Kier molecular flexibility index (Phi) is 4.76. The smallest absolute Gasteiger partial charge is 0.240 e. The number of benzene rings is 2. The normalized spacial score (nSPS) is 15.1. The maximum atomic E-state index is 13.7. The van der Waals surface area contributed by atoms with Gasteiger partial charge in [-0.05, 0) is 48.1 Å². The fourth-order valence-electron chi connectivity index (χ4n) is 2.82. The summed E-state index contributed by atoms with van der Waals surface area (Å²) < 4.78 is 26.7. The summed E-state index contributed by atoms with van der Waals surface area (Å²) in [7, 11) is 0. The molecule has 2 amide bonds. The lowest BCUT2D eigenvalue weighted by Gasteiger charge is -2.20. The van der Waals surface area contributed by atoms with E-state index in [0.717, 1.165) is 17.7 Å². The van der Waals surface area contributed by atoms with Crippen LogP contribution in [-0.4, -0.2) is 11.8 Å². The Bertz CT molecular complexity index is 882. The monoisotopic (exact) mass is 372 g/mol. The lowest BCUT2D eigenvalue weighted by atomic mass is 9.87. The Balaban J connectivity index is 1.69. The zero-order chi connectivity index (χ0) is 19.8. The zero-order valence-electron chi connectivity index (χ0n) is 15.5. The number of anilines is 2. The molecule has 0 bridgehead atoms. The van der Waals surface area contributed by atoms with Crippen LogP contribution in [0.15, 0.2) is 42.5 Å². The summed E-state index contributed by atoms with van der Waals surface area (Å²) in [5, 5.41) is 5.15. The van der Waals surface area contributed by atoms with Crippen molar-refractivity contribution in [1.82, 2.24) is 0 Å². The molecule has 1 fully saturated rings.